The molecule has 1 aliphatic rings. The van der Waals surface area contributed by atoms with E-state index in [1.54, 1.807) is 14.1 Å². The average Bonchev–Trinajstić information content (AvgIpc) is 2.62. The zero-order valence-electron chi connectivity index (χ0n) is 15.2. The van der Waals surface area contributed by atoms with E-state index in [0.717, 1.165) is 44.0 Å². The van der Waals surface area contributed by atoms with Crippen LogP contribution in [0.25, 0.3) is 0 Å². The Morgan fingerprint density at radius 2 is 2.00 bits per heavy atom. The highest BCUT2D eigenvalue weighted by Gasteiger charge is 2.22. The number of likely N-dealkylation sites (tertiary alicyclic amines) is 1. The van der Waals surface area contributed by atoms with Gasteiger partial charge in [-0.15, -0.1) is 24.0 Å². The zero-order valence-corrected chi connectivity index (χ0v) is 17.6. The largest absolute Gasteiger partial charge is 0.359 e. The van der Waals surface area contributed by atoms with E-state index in [4.69, 9.17) is 0 Å². The van der Waals surface area contributed by atoms with Crippen LogP contribution in [0.3, 0.4) is 0 Å². The number of carbonyl (C=O) groups excluding carboxylic acids is 1. The third kappa shape index (κ3) is 6.69. The lowest BCUT2D eigenvalue weighted by Gasteiger charge is -2.34. The van der Waals surface area contributed by atoms with Gasteiger partial charge < -0.3 is 15.5 Å². The van der Waals surface area contributed by atoms with Crippen molar-refractivity contribution in [2.45, 2.75) is 25.7 Å². The first-order valence-corrected chi connectivity index (χ1v) is 8.63. The van der Waals surface area contributed by atoms with Gasteiger partial charge in [-0.05, 0) is 48.9 Å². The van der Waals surface area contributed by atoms with Crippen molar-refractivity contribution in [2.75, 3.05) is 33.7 Å². The van der Waals surface area contributed by atoms with E-state index in [1.165, 1.54) is 6.07 Å². The molecule has 0 bridgehead atoms. The number of hydrogen-bond acceptors (Lipinski definition) is 2. The Bertz CT molecular complexity index is 619. The molecule has 1 saturated heterocycles. The van der Waals surface area contributed by atoms with Crippen LogP contribution in [-0.2, 0) is 11.2 Å². The predicted octanol–water partition coefficient (Wildman–Crippen LogP) is 2.55. The minimum absolute atomic E-state index is 0. The highest BCUT2D eigenvalue weighted by atomic mass is 127. The molecule has 26 heavy (non-hydrogen) atoms. The molecule has 5 nitrogen and oxygen atoms in total. The zero-order chi connectivity index (χ0) is 18.2. The molecule has 0 aromatic heterocycles. The molecule has 1 heterocycles. The molecular weight excluding hydrogens is 453 g/mol. The van der Waals surface area contributed by atoms with Crippen molar-refractivity contribution in [1.29, 1.82) is 0 Å². The molecule has 0 atom stereocenters. The third-order valence-electron chi connectivity index (χ3n) is 4.56. The summed E-state index contributed by atoms with van der Waals surface area (Å²) in [5, 5.41) is 5.87. The lowest BCUT2D eigenvalue weighted by molar-refractivity contribution is -0.121. The number of benzene rings is 1. The summed E-state index contributed by atoms with van der Waals surface area (Å²) in [4.78, 5) is 17.9. The first-order valence-electron chi connectivity index (χ1n) is 8.63. The second-order valence-electron chi connectivity index (χ2n) is 6.27. The molecule has 146 valence electrons. The number of hydrogen-bond donors (Lipinski definition) is 2. The van der Waals surface area contributed by atoms with Crippen molar-refractivity contribution in [3.05, 3.63) is 35.4 Å². The van der Waals surface area contributed by atoms with Crippen LogP contribution < -0.4 is 10.6 Å². The molecule has 1 aromatic carbocycles. The van der Waals surface area contributed by atoms with E-state index in [0.29, 0.717) is 30.9 Å². The van der Waals surface area contributed by atoms with Gasteiger partial charge in [0, 0.05) is 40.2 Å². The number of guanidine groups is 1. The Kier molecular flexibility index (Phi) is 9.82. The molecule has 0 aliphatic carbocycles. The van der Waals surface area contributed by atoms with Gasteiger partial charge in [0.2, 0.25) is 5.91 Å². The fourth-order valence-electron chi connectivity index (χ4n) is 3.09. The number of rotatable bonds is 5. The van der Waals surface area contributed by atoms with Gasteiger partial charge in [0.25, 0.3) is 0 Å². The summed E-state index contributed by atoms with van der Waals surface area (Å²) in [6.07, 6.45) is 2.82. The maximum atomic E-state index is 13.6. The monoisotopic (exact) mass is 480 g/mol. The summed E-state index contributed by atoms with van der Waals surface area (Å²) in [6, 6.07) is 3.49. The highest BCUT2D eigenvalue weighted by Crippen LogP contribution is 2.20. The fourth-order valence-corrected chi connectivity index (χ4v) is 3.09. The molecule has 0 spiro atoms. The number of halogens is 3. The minimum atomic E-state index is -0.432. The van der Waals surface area contributed by atoms with Crippen LogP contribution in [0.5, 0.6) is 0 Å². The van der Waals surface area contributed by atoms with Crippen LogP contribution in [0.1, 0.15) is 24.8 Å². The normalized spacial score (nSPS) is 15.4. The summed E-state index contributed by atoms with van der Waals surface area (Å²) in [7, 11) is 3.37. The minimum Gasteiger partial charge on any atom is -0.359 e. The molecule has 0 saturated carbocycles. The number of amides is 1. The quantitative estimate of drug-likeness (QED) is 0.387. The van der Waals surface area contributed by atoms with Crippen LogP contribution >= 0.6 is 24.0 Å². The fraction of sp³-hybridized carbons (Fsp3) is 0.556. The second-order valence-corrected chi connectivity index (χ2v) is 6.27. The predicted molar refractivity (Wildman–Crippen MR) is 110 cm³/mol. The van der Waals surface area contributed by atoms with Crippen LogP contribution in [0, 0.1) is 17.6 Å². The topological polar surface area (TPSA) is 56.7 Å². The van der Waals surface area contributed by atoms with Gasteiger partial charge in [0.05, 0.1) is 0 Å². The third-order valence-corrected chi connectivity index (χ3v) is 4.56. The summed E-state index contributed by atoms with van der Waals surface area (Å²) in [5.74, 6) is 0.413. The summed E-state index contributed by atoms with van der Waals surface area (Å²) < 4.78 is 26.8. The van der Waals surface area contributed by atoms with Crippen molar-refractivity contribution < 1.29 is 13.6 Å². The molecule has 1 fully saturated rings. The highest BCUT2D eigenvalue weighted by molar-refractivity contribution is 14.0. The molecule has 0 unspecified atom stereocenters. The van der Waals surface area contributed by atoms with E-state index < -0.39 is 11.6 Å². The molecule has 8 heteroatoms. The molecule has 2 N–H and O–H groups in total. The van der Waals surface area contributed by atoms with Gasteiger partial charge >= 0.3 is 0 Å². The number of piperidine rings is 1. The Morgan fingerprint density at radius 1 is 1.31 bits per heavy atom. The van der Waals surface area contributed by atoms with E-state index in [9.17, 15) is 13.6 Å². The average molecular weight is 480 g/mol. The number of aliphatic imine (C=N–C) groups is 1. The van der Waals surface area contributed by atoms with Gasteiger partial charge in [-0.25, -0.2) is 8.78 Å². The number of nitrogens with one attached hydrogen (secondary N) is 2. The van der Waals surface area contributed by atoms with Crippen molar-refractivity contribution in [3.8, 4) is 0 Å². The molecule has 1 aliphatic heterocycles. The van der Waals surface area contributed by atoms with E-state index in [2.05, 4.69) is 20.5 Å². The van der Waals surface area contributed by atoms with Crippen LogP contribution in [0.4, 0.5) is 8.78 Å². The van der Waals surface area contributed by atoms with Gasteiger partial charge in [-0.1, -0.05) is 0 Å². The Hall–Kier alpha value is -1.45. The van der Waals surface area contributed by atoms with Crippen LogP contribution in [0.15, 0.2) is 23.2 Å². The van der Waals surface area contributed by atoms with Gasteiger partial charge in [0.15, 0.2) is 5.96 Å². The summed E-state index contributed by atoms with van der Waals surface area (Å²) >= 11 is 0. The van der Waals surface area contributed by atoms with Crippen LogP contribution in [0.2, 0.25) is 0 Å². The molecule has 0 radical (unpaired) electrons. The first kappa shape index (κ1) is 22.6. The van der Waals surface area contributed by atoms with Crippen molar-refractivity contribution in [3.63, 3.8) is 0 Å². The molecule has 1 aromatic rings. The SMILES string of the molecule is CN=C(NCCc1cc(F)ccc1F)N1CCC(CC(=O)NC)CC1.I. The van der Waals surface area contributed by atoms with Crippen molar-refractivity contribution in [1.82, 2.24) is 15.5 Å². The van der Waals surface area contributed by atoms with Crippen LogP contribution in [-0.4, -0.2) is 50.5 Å². The first-order chi connectivity index (χ1) is 12.0. The van der Waals surface area contributed by atoms with Gasteiger partial charge in [0.1, 0.15) is 11.6 Å². The van der Waals surface area contributed by atoms with E-state index in [-0.39, 0.29) is 29.9 Å². The maximum absolute atomic E-state index is 13.6. The maximum Gasteiger partial charge on any atom is 0.220 e. The van der Waals surface area contributed by atoms with E-state index >= 15 is 0 Å². The molecule has 1 amide bonds. The second kappa shape index (κ2) is 11.3. The lowest BCUT2D eigenvalue weighted by Crippen LogP contribution is -2.46. The number of nitrogens with zero attached hydrogens (tertiary/aromatic N) is 2. The van der Waals surface area contributed by atoms with Gasteiger partial charge in [-0.2, -0.15) is 0 Å². The Balaban J connectivity index is 0.00000338. The molecular formula is C18H27F2IN4O. The van der Waals surface area contributed by atoms with E-state index in [1.807, 2.05) is 0 Å². The summed E-state index contributed by atoms with van der Waals surface area (Å²) in [6.45, 7) is 2.14. The number of carbonyl (C=O) groups is 1. The smallest absolute Gasteiger partial charge is 0.220 e. The Morgan fingerprint density at radius 3 is 2.62 bits per heavy atom. The Labute approximate surface area is 170 Å². The molecule has 2 rings (SSSR count). The van der Waals surface area contributed by atoms with Gasteiger partial charge in [-0.3, -0.25) is 9.79 Å². The lowest BCUT2D eigenvalue weighted by atomic mass is 9.93. The summed E-state index contributed by atoms with van der Waals surface area (Å²) in [5.41, 5.74) is 0.354. The van der Waals surface area contributed by atoms with Crippen molar-refractivity contribution in [2.24, 2.45) is 10.9 Å². The van der Waals surface area contributed by atoms with Crippen molar-refractivity contribution >= 4 is 35.8 Å². The standard InChI is InChI=1S/C18H26F2N4O.HI/c1-21-17(25)11-13-6-9-24(10-7-13)18(22-2)23-8-5-14-12-15(19)3-4-16(14)20;/h3-4,12-13H,5-11H2,1-2H3,(H,21,25)(H,22,23);1H.